The van der Waals surface area contributed by atoms with Gasteiger partial charge in [0.05, 0.1) is 6.54 Å². The quantitative estimate of drug-likeness (QED) is 0.691. The molecule has 2 aromatic rings. The molecule has 0 saturated heterocycles. The fourth-order valence-corrected chi connectivity index (χ4v) is 2.90. The van der Waals surface area contributed by atoms with E-state index in [0.29, 0.717) is 27.0 Å². The molecule has 0 aliphatic rings. The zero-order chi connectivity index (χ0) is 13.1. The van der Waals surface area contributed by atoms with E-state index in [1.165, 1.54) is 11.8 Å². The lowest BCUT2D eigenvalue weighted by Gasteiger charge is -2.05. The monoisotopic (exact) mass is 304 g/mol. The molecule has 96 valence electrons. The molecule has 0 radical (unpaired) electrons. The molecule has 0 aliphatic heterocycles. The SMILES string of the molecule is Cc1cc(Cl)c(CSc2nnc(CN)o2)c(Cl)n1. The summed E-state index contributed by atoms with van der Waals surface area (Å²) in [6, 6.07) is 1.77. The number of aryl methyl sites for hydroxylation is 1. The van der Waals surface area contributed by atoms with Gasteiger partial charge in [-0.1, -0.05) is 35.0 Å². The van der Waals surface area contributed by atoms with Gasteiger partial charge in [-0.25, -0.2) is 4.98 Å². The number of hydrogen-bond acceptors (Lipinski definition) is 6. The Bertz CT molecular complexity index is 538. The summed E-state index contributed by atoms with van der Waals surface area (Å²) in [4.78, 5) is 4.15. The van der Waals surface area contributed by atoms with Gasteiger partial charge in [0.25, 0.3) is 5.22 Å². The Kier molecular flexibility index (Phi) is 4.45. The maximum Gasteiger partial charge on any atom is 0.276 e. The third kappa shape index (κ3) is 3.14. The molecule has 0 saturated carbocycles. The Balaban J connectivity index is 2.10. The Morgan fingerprint density at radius 1 is 1.39 bits per heavy atom. The summed E-state index contributed by atoms with van der Waals surface area (Å²) in [5.41, 5.74) is 6.91. The van der Waals surface area contributed by atoms with Gasteiger partial charge in [-0.15, -0.1) is 10.2 Å². The lowest BCUT2D eigenvalue weighted by Crippen LogP contribution is -1.95. The molecule has 0 unspecified atom stereocenters. The van der Waals surface area contributed by atoms with Gasteiger partial charge in [0.2, 0.25) is 5.89 Å². The van der Waals surface area contributed by atoms with E-state index >= 15 is 0 Å². The van der Waals surface area contributed by atoms with Gasteiger partial charge in [0.1, 0.15) is 5.15 Å². The maximum absolute atomic E-state index is 6.11. The van der Waals surface area contributed by atoms with Gasteiger partial charge in [0.15, 0.2) is 0 Å². The van der Waals surface area contributed by atoms with Gasteiger partial charge >= 0.3 is 0 Å². The Morgan fingerprint density at radius 2 is 2.17 bits per heavy atom. The van der Waals surface area contributed by atoms with Crippen molar-refractivity contribution in [2.45, 2.75) is 24.4 Å². The highest BCUT2D eigenvalue weighted by Crippen LogP contribution is 2.30. The summed E-state index contributed by atoms with van der Waals surface area (Å²) in [7, 11) is 0. The van der Waals surface area contributed by atoms with Crippen LogP contribution in [0.5, 0.6) is 0 Å². The minimum atomic E-state index is 0.223. The van der Waals surface area contributed by atoms with E-state index in [0.717, 1.165) is 11.3 Å². The van der Waals surface area contributed by atoms with Crippen molar-refractivity contribution in [2.24, 2.45) is 5.73 Å². The van der Waals surface area contributed by atoms with Crippen LogP contribution < -0.4 is 5.73 Å². The number of pyridine rings is 1. The second-order valence-corrected chi connectivity index (χ2v) is 5.16. The van der Waals surface area contributed by atoms with E-state index < -0.39 is 0 Å². The first-order valence-corrected chi connectivity index (χ1v) is 6.81. The molecule has 0 spiro atoms. The molecule has 18 heavy (non-hydrogen) atoms. The predicted molar refractivity (Wildman–Crippen MR) is 70.7 cm³/mol. The first kappa shape index (κ1) is 13.6. The van der Waals surface area contributed by atoms with Gasteiger partial charge in [-0.05, 0) is 13.0 Å². The standard InChI is InChI=1S/C10H10Cl2N4OS/c1-5-2-7(11)6(9(12)14-5)4-18-10-16-15-8(3-13)17-10/h2H,3-4,13H2,1H3. The number of aromatic nitrogens is 3. The van der Waals surface area contributed by atoms with Crippen molar-refractivity contribution in [1.82, 2.24) is 15.2 Å². The first-order chi connectivity index (χ1) is 8.60. The van der Waals surface area contributed by atoms with Crippen LogP contribution in [0.1, 0.15) is 17.1 Å². The predicted octanol–water partition coefficient (Wildman–Crippen LogP) is 2.83. The van der Waals surface area contributed by atoms with Crippen LogP contribution in [-0.2, 0) is 12.3 Å². The van der Waals surface area contributed by atoms with E-state index in [2.05, 4.69) is 15.2 Å². The van der Waals surface area contributed by atoms with Crippen LogP contribution in [0.15, 0.2) is 15.7 Å². The molecule has 2 rings (SSSR count). The van der Waals surface area contributed by atoms with Crippen LogP contribution in [-0.4, -0.2) is 15.2 Å². The third-order valence-electron chi connectivity index (χ3n) is 2.11. The fraction of sp³-hybridized carbons (Fsp3) is 0.300. The molecule has 0 amide bonds. The summed E-state index contributed by atoms with van der Waals surface area (Å²) in [6.07, 6.45) is 0. The van der Waals surface area contributed by atoms with Crippen molar-refractivity contribution in [3.05, 3.63) is 33.4 Å². The zero-order valence-corrected chi connectivity index (χ0v) is 11.8. The molecule has 0 aromatic carbocycles. The molecule has 8 heteroatoms. The minimum Gasteiger partial charge on any atom is -0.415 e. The molecule has 0 fully saturated rings. The molecule has 2 N–H and O–H groups in total. The summed E-state index contributed by atoms with van der Waals surface area (Å²) >= 11 is 13.5. The van der Waals surface area contributed by atoms with Crippen molar-refractivity contribution in [3.63, 3.8) is 0 Å². The average Bonchev–Trinajstić information content (AvgIpc) is 2.75. The number of rotatable bonds is 4. The molecule has 0 aliphatic carbocycles. The van der Waals surface area contributed by atoms with Gasteiger partial charge in [0, 0.05) is 22.0 Å². The number of nitrogens with two attached hydrogens (primary N) is 1. The normalized spacial score (nSPS) is 10.9. The van der Waals surface area contributed by atoms with Crippen LogP contribution in [0.25, 0.3) is 0 Å². The van der Waals surface area contributed by atoms with E-state index in [-0.39, 0.29) is 6.54 Å². The van der Waals surface area contributed by atoms with Gasteiger partial charge in [-0.2, -0.15) is 0 Å². The lowest BCUT2D eigenvalue weighted by molar-refractivity contribution is 0.415. The first-order valence-electron chi connectivity index (χ1n) is 5.07. The van der Waals surface area contributed by atoms with Gasteiger partial charge in [-0.3, -0.25) is 0 Å². The summed E-state index contributed by atoms with van der Waals surface area (Å²) in [5, 5.41) is 9.01. The van der Waals surface area contributed by atoms with Crippen LogP contribution in [0.2, 0.25) is 10.2 Å². The van der Waals surface area contributed by atoms with Crippen molar-refractivity contribution in [3.8, 4) is 0 Å². The van der Waals surface area contributed by atoms with E-state index in [9.17, 15) is 0 Å². The Hall–Kier alpha value is -0.820. The zero-order valence-electron chi connectivity index (χ0n) is 9.48. The van der Waals surface area contributed by atoms with Gasteiger partial charge < -0.3 is 10.2 Å². The molecule has 0 bridgehead atoms. The summed E-state index contributed by atoms with van der Waals surface area (Å²) in [5.74, 6) is 0.911. The van der Waals surface area contributed by atoms with E-state index in [1.54, 1.807) is 6.07 Å². The number of thioether (sulfide) groups is 1. The van der Waals surface area contributed by atoms with Crippen molar-refractivity contribution < 1.29 is 4.42 Å². The minimum absolute atomic E-state index is 0.223. The van der Waals surface area contributed by atoms with Crippen molar-refractivity contribution >= 4 is 35.0 Å². The lowest BCUT2D eigenvalue weighted by atomic mass is 10.3. The highest BCUT2D eigenvalue weighted by Gasteiger charge is 2.11. The second kappa shape index (κ2) is 5.88. The Morgan fingerprint density at radius 3 is 2.78 bits per heavy atom. The van der Waals surface area contributed by atoms with Crippen molar-refractivity contribution in [1.29, 1.82) is 0 Å². The Labute approximate surface area is 118 Å². The number of halogens is 2. The van der Waals surface area contributed by atoms with Crippen LogP contribution >= 0.6 is 35.0 Å². The third-order valence-corrected chi connectivity index (χ3v) is 3.61. The maximum atomic E-state index is 6.11. The topological polar surface area (TPSA) is 77.8 Å². The molecule has 0 atom stereocenters. The second-order valence-electron chi connectivity index (χ2n) is 3.47. The number of hydrogen-bond donors (Lipinski definition) is 1. The molecular formula is C10H10Cl2N4OS. The number of nitrogens with zero attached hydrogens (tertiary/aromatic N) is 3. The van der Waals surface area contributed by atoms with Crippen LogP contribution in [0.3, 0.4) is 0 Å². The smallest absolute Gasteiger partial charge is 0.276 e. The molecule has 2 heterocycles. The molecule has 5 nitrogen and oxygen atoms in total. The summed E-state index contributed by atoms with van der Waals surface area (Å²) < 4.78 is 5.27. The fourth-order valence-electron chi connectivity index (χ4n) is 1.27. The van der Waals surface area contributed by atoms with Crippen LogP contribution in [0.4, 0.5) is 0 Å². The van der Waals surface area contributed by atoms with Crippen molar-refractivity contribution in [2.75, 3.05) is 0 Å². The van der Waals surface area contributed by atoms with Crippen LogP contribution in [0, 0.1) is 6.92 Å². The highest BCUT2D eigenvalue weighted by atomic mass is 35.5. The molecule has 2 aromatic heterocycles. The van der Waals surface area contributed by atoms with E-state index in [4.69, 9.17) is 33.4 Å². The highest BCUT2D eigenvalue weighted by molar-refractivity contribution is 7.98. The average molecular weight is 305 g/mol. The van der Waals surface area contributed by atoms with E-state index in [1.807, 2.05) is 6.92 Å². The summed E-state index contributed by atoms with van der Waals surface area (Å²) in [6.45, 7) is 2.06. The largest absolute Gasteiger partial charge is 0.415 e. The molecular weight excluding hydrogens is 295 g/mol.